The van der Waals surface area contributed by atoms with Crippen molar-refractivity contribution in [1.82, 2.24) is 10.2 Å². The Morgan fingerprint density at radius 3 is 2.21 bits per heavy atom. The third kappa shape index (κ3) is 9.77. The number of nitrogens with one attached hydrogen (secondary N) is 1. The summed E-state index contributed by atoms with van der Waals surface area (Å²) in [6, 6.07) is 0. The highest BCUT2D eigenvalue weighted by atomic mass is 16.5. The second kappa shape index (κ2) is 15.9. The molecule has 0 radical (unpaired) electrons. The van der Waals surface area contributed by atoms with Crippen LogP contribution in [0, 0.1) is 0 Å². The molecular weight excluding hydrogens is 424 g/mol. The summed E-state index contributed by atoms with van der Waals surface area (Å²) in [5.41, 5.74) is 4.25. The highest BCUT2D eigenvalue weighted by molar-refractivity contribution is 5.93. The maximum absolute atomic E-state index is 12.1. The number of hydrogen-bond acceptors (Lipinski definition) is 3. The SMILES string of the molecule is O=C(CCCCCCCCCCCN1C(=O)C=CC1=C1CCC1)NCCOCCC=C1CCC1. The molecule has 0 atom stereocenters. The summed E-state index contributed by atoms with van der Waals surface area (Å²) in [4.78, 5) is 25.9. The van der Waals surface area contributed by atoms with Crippen LogP contribution in [-0.2, 0) is 14.3 Å². The second-order valence-corrected chi connectivity index (χ2v) is 10.1. The summed E-state index contributed by atoms with van der Waals surface area (Å²) in [5, 5.41) is 2.96. The lowest BCUT2D eigenvalue weighted by Crippen LogP contribution is -2.27. The number of nitrogens with zero attached hydrogens (tertiary/aromatic N) is 1. The maximum atomic E-state index is 12.1. The average molecular weight is 471 g/mol. The maximum Gasteiger partial charge on any atom is 0.251 e. The van der Waals surface area contributed by atoms with Gasteiger partial charge in [0, 0.05) is 31.3 Å². The highest BCUT2D eigenvalue weighted by Crippen LogP contribution is 2.33. The number of hydrogen-bond donors (Lipinski definition) is 1. The minimum Gasteiger partial charge on any atom is -0.379 e. The fourth-order valence-electron chi connectivity index (χ4n) is 4.78. The predicted molar refractivity (Wildman–Crippen MR) is 138 cm³/mol. The Morgan fingerprint density at radius 1 is 0.882 bits per heavy atom. The molecule has 2 amide bonds. The lowest BCUT2D eigenvalue weighted by atomic mass is 9.90. The first kappa shape index (κ1) is 26.7. The van der Waals surface area contributed by atoms with Crippen LogP contribution in [0.15, 0.2) is 35.1 Å². The molecule has 3 rings (SSSR count). The van der Waals surface area contributed by atoms with E-state index in [1.807, 2.05) is 11.0 Å². The van der Waals surface area contributed by atoms with Gasteiger partial charge in [-0.3, -0.25) is 9.59 Å². The van der Waals surface area contributed by atoms with E-state index in [0.29, 0.717) is 19.6 Å². The molecule has 0 spiro atoms. The van der Waals surface area contributed by atoms with Gasteiger partial charge in [-0.05, 0) is 69.4 Å². The summed E-state index contributed by atoms with van der Waals surface area (Å²) in [6.45, 7) is 2.86. The van der Waals surface area contributed by atoms with Gasteiger partial charge in [0.2, 0.25) is 5.91 Å². The molecule has 2 aliphatic carbocycles. The smallest absolute Gasteiger partial charge is 0.251 e. The lowest BCUT2D eigenvalue weighted by molar-refractivity contribution is -0.123. The van der Waals surface area contributed by atoms with Gasteiger partial charge in [0.05, 0.1) is 13.2 Å². The molecular formula is C29H46N2O3. The van der Waals surface area contributed by atoms with Gasteiger partial charge in [0.15, 0.2) is 0 Å². The Balaban J connectivity index is 1.04. The molecule has 5 nitrogen and oxygen atoms in total. The zero-order valence-electron chi connectivity index (χ0n) is 21.3. The van der Waals surface area contributed by atoms with E-state index in [4.69, 9.17) is 4.74 Å². The van der Waals surface area contributed by atoms with Gasteiger partial charge < -0.3 is 15.0 Å². The van der Waals surface area contributed by atoms with E-state index < -0.39 is 0 Å². The Bertz CT molecular complexity index is 726. The van der Waals surface area contributed by atoms with Crippen molar-refractivity contribution in [2.75, 3.05) is 26.3 Å². The summed E-state index contributed by atoms with van der Waals surface area (Å²) in [5.74, 6) is 0.326. The van der Waals surface area contributed by atoms with Crippen LogP contribution >= 0.6 is 0 Å². The molecule has 5 heteroatoms. The van der Waals surface area contributed by atoms with Crippen molar-refractivity contribution in [3.8, 4) is 0 Å². The lowest BCUT2D eigenvalue weighted by Gasteiger charge is -2.26. The van der Waals surface area contributed by atoms with Gasteiger partial charge in [0.1, 0.15) is 0 Å². The van der Waals surface area contributed by atoms with Crippen LogP contribution in [0.3, 0.4) is 0 Å². The summed E-state index contributed by atoms with van der Waals surface area (Å²) in [6.07, 6.45) is 25.9. The van der Waals surface area contributed by atoms with Crippen molar-refractivity contribution in [3.05, 3.63) is 35.1 Å². The van der Waals surface area contributed by atoms with Crippen LogP contribution in [0.25, 0.3) is 0 Å². The first-order valence-corrected chi connectivity index (χ1v) is 14.0. The van der Waals surface area contributed by atoms with Gasteiger partial charge in [-0.1, -0.05) is 56.6 Å². The Morgan fingerprint density at radius 2 is 1.56 bits per heavy atom. The molecule has 0 bridgehead atoms. The van der Waals surface area contributed by atoms with Gasteiger partial charge in [-0.2, -0.15) is 0 Å². The number of carbonyl (C=O) groups is 2. The topological polar surface area (TPSA) is 58.6 Å². The van der Waals surface area contributed by atoms with Crippen LogP contribution in [0.2, 0.25) is 0 Å². The second-order valence-electron chi connectivity index (χ2n) is 10.1. The summed E-state index contributed by atoms with van der Waals surface area (Å²) < 4.78 is 5.58. The zero-order valence-corrected chi connectivity index (χ0v) is 21.3. The minimum atomic E-state index is 0.156. The van der Waals surface area contributed by atoms with Crippen LogP contribution < -0.4 is 5.32 Å². The Labute approximate surface area is 207 Å². The molecule has 0 aromatic rings. The van der Waals surface area contributed by atoms with Crippen LogP contribution in [-0.4, -0.2) is 43.0 Å². The molecule has 0 unspecified atom stereocenters. The molecule has 3 aliphatic rings. The average Bonchev–Trinajstić information content (AvgIpc) is 3.11. The monoisotopic (exact) mass is 470 g/mol. The van der Waals surface area contributed by atoms with Crippen molar-refractivity contribution in [3.63, 3.8) is 0 Å². The third-order valence-corrected chi connectivity index (χ3v) is 7.31. The number of amides is 2. The van der Waals surface area contributed by atoms with E-state index in [2.05, 4.69) is 11.4 Å². The largest absolute Gasteiger partial charge is 0.379 e. The Hall–Kier alpha value is -1.88. The van der Waals surface area contributed by atoms with Gasteiger partial charge in [0.25, 0.3) is 5.91 Å². The number of ether oxygens (including phenoxy) is 1. The fourth-order valence-corrected chi connectivity index (χ4v) is 4.78. The van der Waals surface area contributed by atoms with E-state index in [0.717, 1.165) is 38.8 Å². The number of carbonyl (C=O) groups excluding carboxylic acids is 2. The molecule has 1 heterocycles. The van der Waals surface area contributed by atoms with E-state index in [9.17, 15) is 9.59 Å². The molecule has 2 fully saturated rings. The van der Waals surface area contributed by atoms with Gasteiger partial charge in [-0.15, -0.1) is 0 Å². The zero-order chi connectivity index (χ0) is 23.8. The quantitative estimate of drug-likeness (QED) is 0.187. The van der Waals surface area contributed by atoms with Crippen molar-refractivity contribution < 1.29 is 14.3 Å². The molecule has 0 aromatic heterocycles. The molecule has 1 aliphatic heterocycles. The molecule has 34 heavy (non-hydrogen) atoms. The van der Waals surface area contributed by atoms with Crippen molar-refractivity contribution in [2.24, 2.45) is 0 Å². The van der Waals surface area contributed by atoms with E-state index in [1.54, 1.807) is 11.6 Å². The molecule has 2 saturated carbocycles. The van der Waals surface area contributed by atoms with Gasteiger partial charge in [-0.25, -0.2) is 0 Å². The van der Waals surface area contributed by atoms with E-state index in [1.165, 1.54) is 88.3 Å². The van der Waals surface area contributed by atoms with Crippen molar-refractivity contribution >= 4 is 11.8 Å². The summed E-state index contributed by atoms with van der Waals surface area (Å²) >= 11 is 0. The summed E-state index contributed by atoms with van der Waals surface area (Å²) in [7, 11) is 0. The third-order valence-electron chi connectivity index (χ3n) is 7.31. The number of rotatable bonds is 18. The predicted octanol–water partition coefficient (Wildman–Crippen LogP) is 6.36. The van der Waals surface area contributed by atoms with E-state index >= 15 is 0 Å². The molecule has 190 valence electrons. The van der Waals surface area contributed by atoms with E-state index in [-0.39, 0.29) is 11.8 Å². The Kier molecular flexibility index (Phi) is 12.5. The molecule has 0 aromatic carbocycles. The first-order valence-electron chi connectivity index (χ1n) is 14.0. The van der Waals surface area contributed by atoms with Crippen molar-refractivity contribution in [1.29, 1.82) is 0 Å². The standard InChI is InChI=1S/C29H46N2O3/c32-28(30-21-24-34-23-12-15-25-13-10-14-25)18-8-6-4-2-1-3-5-7-9-22-31-27(19-20-29(31)33)26-16-11-17-26/h15,19-20H,1-14,16-18,21-24H2,(H,30,32). The van der Waals surface area contributed by atoms with Crippen LogP contribution in [0.5, 0.6) is 0 Å². The normalized spacial score (nSPS) is 17.2. The molecule has 1 N–H and O–H groups in total. The minimum absolute atomic E-state index is 0.156. The fraction of sp³-hybridized carbons (Fsp3) is 0.724. The van der Waals surface area contributed by atoms with Gasteiger partial charge >= 0.3 is 0 Å². The number of allylic oxidation sites excluding steroid dienone is 3. The van der Waals surface area contributed by atoms with Crippen LogP contribution in [0.4, 0.5) is 0 Å². The number of unbranched alkanes of at least 4 members (excludes halogenated alkanes) is 8. The van der Waals surface area contributed by atoms with Crippen LogP contribution in [0.1, 0.15) is 109 Å². The highest BCUT2D eigenvalue weighted by Gasteiger charge is 2.25. The molecule has 0 saturated heterocycles. The first-order chi connectivity index (χ1) is 16.7. The van der Waals surface area contributed by atoms with Crippen molar-refractivity contribution in [2.45, 2.75) is 109 Å².